The van der Waals surface area contributed by atoms with Crippen molar-refractivity contribution in [2.24, 2.45) is 0 Å². The molecule has 0 aliphatic carbocycles. The minimum atomic E-state index is 0.880. The van der Waals surface area contributed by atoms with Crippen molar-refractivity contribution >= 4 is 75.8 Å². The summed E-state index contributed by atoms with van der Waals surface area (Å²) in [6.07, 6.45) is 0. The van der Waals surface area contributed by atoms with E-state index in [1.165, 1.54) is 65.5 Å². The van der Waals surface area contributed by atoms with Gasteiger partial charge in [0, 0.05) is 27.3 Å². The Morgan fingerprint density at radius 1 is 0.286 bits per heavy atom. The van der Waals surface area contributed by atoms with Gasteiger partial charge in [-0.25, -0.2) is 0 Å². The van der Waals surface area contributed by atoms with Crippen LogP contribution in [0.4, 0.5) is 0 Å². The van der Waals surface area contributed by atoms with E-state index in [1.807, 2.05) is 12.1 Å². The predicted octanol–water partition coefficient (Wildman–Crippen LogP) is 15.6. The minimum absolute atomic E-state index is 0.880. The number of hydrogen-bond acceptors (Lipinski definition) is 2. The Morgan fingerprint density at radius 2 is 0.875 bits per heavy atom. The Kier molecular flexibility index (Phi) is 5.92. The largest absolute Gasteiger partial charge is 0.456 e. The first-order chi connectivity index (χ1) is 27.8. The molecule has 0 fully saturated rings. The number of furan rings is 1. The van der Waals surface area contributed by atoms with Gasteiger partial charge in [0.15, 0.2) is 0 Å². The second-order valence-electron chi connectivity index (χ2n) is 15.1. The van der Waals surface area contributed by atoms with Gasteiger partial charge in [-0.05, 0) is 118 Å². The smallest absolute Gasteiger partial charge is 0.143 e. The number of hydrogen-bond donors (Lipinski definition) is 0. The second-order valence-corrected chi connectivity index (χ2v) is 15.1. The summed E-state index contributed by atoms with van der Waals surface area (Å²) in [5, 5.41) is 14.5. The zero-order chi connectivity index (χ0) is 36.5. The van der Waals surface area contributed by atoms with Crippen molar-refractivity contribution in [3.63, 3.8) is 0 Å². The molecule has 0 radical (unpaired) electrons. The summed E-state index contributed by atoms with van der Waals surface area (Å²) in [6, 6.07) is 66.0. The summed E-state index contributed by atoms with van der Waals surface area (Å²) in [4.78, 5) is 0. The van der Waals surface area contributed by atoms with Crippen molar-refractivity contribution in [1.29, 1.82) is 0 Å². The zero-order valence-electron chi connectivity index (χ0n) is 30.1. The van der Waals surface area contributed by atoms with Crippen LogP contribution in [-0.2, 0) is 0 Å². The number of para-hydroxylation sites is 1. The second kappa shape index (κ2) is 11.1. The van der Waals surface area contributed by atoms with E-state index in [4.69, 9.17) is 9.15 Å². The van der Waals surface area contributed by atoms with E-state index in [1.54, 1.807) is 0 Å². The number of ether oxygens (including phenoxy) is 1. The quantitative estimate of drug-likeness (QED) is 0.170. The third kappa shape index (κ3) is 4.05. The monoisotopic (exact) mass is 710 g/mol. The lowest BCUT2D eigenvalue weighted by molar-refractivity contribution is 0.487. The van der Waals surface area contributed by atoms with E-state index in [0.717, 1.165) is 66.3 Å². The third-order valence-corrected chi connectivity index (χ3v) is 12.2. The van der Waals surface area contributed by atoms with E-state index in [-0.39, 0.29) is 0 Å². The van der Waals surface area contributed by atoms with Gasteiger partial charge in [0.05, 0.1) is 0 Å². The van der Waals surface area contributed by atoms with Gasteiger partial charge in [-0.15, -0.1) is 0 Å². The first-order valence-electron chi connectivity index (χ1n) is 19.2. The Balaban J connectivity index is 1.12. The molecule has 11 aromatic carbocycles. The maximum Gasteiger partial charge on any atom is 0.143 e. The van der Waals surface area contributed by atoms with Crippen LogP contribution in [0.3, 0.4) is 0 Å². The number of benzene rings is 11. The molecular formula is C54H30O2. The van der Waals surface area contributed by atoms with Crippen molar-refractivity contribution in [2.75, 3.05) is 0 Å². The van der Waals surface area contributed by atoms with E-state index < -0.39 is 0 Å². The highest BCUT2D eigenvalue weighted by molar-refractivity contribution is 6.29. The SMILES string of the molecule is c1ccc(-c2ccc3ccc4c(-c5ccc(-c6ccc7c8c(cccc68)-c6ccccc6O7)c6oc7cc8ccccc8cc7c56)ccc5ccc2c3c54)cc1. The summed E-state index contributed by atoms with van der Waals surface area (Å²) in [7, 11) is 0. The Labute approximate surface area is 321 Å². The number of fused-ring (bicyclic) bond motifs is 6. The molecule has 1 aromatic heterocycles. The van der Waals surface area contributed by atoms with Gasteiger partial charge in [-0.3, -0.25) is 0 Å². The Hall–Kier alpha value is -7.42. The molecule has 0 saturated heterocycles. The van der Waals surface area contributed by atoms with Gasteiger partial charge >= 0.3 is 0 Å². The maximum absolute atomic E-state index is 7.07. The van der Waals surface area contributed by atoms with Gasteiger partial charge in [-0.1, -0.05) is 146 Å². The standard InChI is InChI=1S/C54H30O2/c1-2-9-31(10-3-1)36-21-17-32-20-24-43-37(22-18-33-19-23-42(36)50(32)51(33)43)44-25-26-45(54-53(44)46-29-34-11-4-5-12-35(34)30-49(46)56-54)38-27-28-48-52-40(38)14-8-15-41(52)39-13-6-7-16-47(39)55-48/h1-30H. The molecule has 56 heavy (non-hydrogen) atoms. The maximum atomic E-state index is 7.07. The van der Waals surface area contributed by atoms with Crippen molar-refractivity contribution in [3.8, 4) is 56.0 Å². The molecule has 0 spiro atoms. The molecule has 2 heteroatoms. The van der Waals surface area contributed by atoms with E-state index in [9.17, 15) is 0 Å². The summed E-state index contributed by atoms with van der Waals surface area (Å²) in [6.45, 7) is 0. The summed E-state index contributed by atoms with van der Waals surface area (Å²) in [5.74, 6) is 1.77. The molecule has 1 aliphatic rings. The molecule has 0 saturated carbocycles. The molecule has 258 valence electrons. The molecule has 2 nitrogen and oxygen atoms in total. The molecule has 0 amide bonds. The third-order valence-electron chi connectivity index (χ3n) is 12.2. The molecule has 0 atom stereocenters. The molecular weight excluding hydrogens is 681 g/mol. The lowest BCUT2D eigenvalue weighted by atomic mass is 9.85. The van der Waals surface area contributed by atoms with Gasteiger partial charge in [-0.2, -0.15) is 0 Å². The molecule has 0 unspecified atom stereocenters. The van der Waals surface area contributed by atoms with Crippen LogP contribution in [0, 0.1) is 0 Å². The molecule has 12 aromatic rings. The molecule has 0 bridgehead atoms. The fraction of sp³-hybridized carbons (Fsp3) is 0. The fourth-order valence-corrected chi connectivity index (χ4v) is 9.72. The average Bonchev–Trinajstić information content (AvgIpc) is 3.63. The van der Waals surface area contributed by atoms with Gasteiger partial charge < -0.3 is 9.15 Å². The lowest BCUT2D eigenvalue weighted by Gasteiger charge is -2.22. The highest BCUT2D eigenvalue weighted by atomic mass is 16.5. The van der Waals surface area contributed by atoms with Gasteiger partial charge in [0.1, 0.15) is 22.7 Å². The van der Waals surface area contributed by atoms with Crippen LogP contribution in [-0.4, -0.2) is 0 Å². The number of rotatable bonds is 3. The first-order valence-corrected chi connectivity index (χ1v) is 19.2. The van der Waals surface area contributed by atoms with E-state index in [0.29, 0.717) is 0 Å². The molecule has 13 rings (SSSR count). The van der Waals surface area contributed by atoms with Crippen LogP contribution in [0.15, 0.2) is 186 Å². The molecule has 2 heterocycles. The van der Waals surface area contributed by atoms with Gasteiger partial charge in [0.2, 0.25) is 0 Å². The minimum Gasteiger partial charge on any atom is -0.456 e. The van der Waals surface area contributed by atoms with Crippen LogP contribution >= 0.6 is 0 Å². The lowest BCUT2D eigenvalue weighted by Crippen LogP contribution is -1.97. The van der Waals surface area contributed by atoms with E-state index >= 15 is 0 Å². The van der Waals surface area contributed by atoms with Gasteiger partial charge in [0.25, 0.3) is 0 Å². The van der Waals surface area contributed by atoms with Crippen molar-refractivity contribution in [1.82, 2.24) is 0 Å². The van der Waals surface area contributed by atoms with E-state index in [2.05, 4.69) is 170 Å². The topological polar surface area (TPSA) is 22.4 Å². The summed E-state index contributed by atoms with van der Waals surface area (Å²) in [5.41, 5.74) is 11.1. The van der Waals surface area contributed by atoms with Crippen molar-refractivity contribution in [2.45, 2.75) is 0 Å². The van der Waals surface area contributed by atoms with Crippen LogP contribution in [0.1, 0.15) is 0 Å². The first kappa shape index (κ1) is 30.0. The summed E-state index contributed by atoms with van der Waals surface area (Å²) >= 11 is 0. The molecule has 0 N–H and O–H groups in total. The fourth-order valence-electron chi connectivity index (χ4n) is 9.72. The highest BCUT2D eigenvalue weighted by Gasteiger charge is 2.25. The van der Waals surface area contributed by atoms with Crippen LogP contribution in [0.2, 0.25) is 0 Å². The Morgan fingerprint density at radius 3 is 1.71 bits per heavy atom. The van der Waals surface area contributed by atoms with Crippen molar-refractivity contribution in [3.05, 3.63) is 182 Å². The zero-order valence-corrected chi connectivity index (χ0v) is 30.1. The highest BCUT2D eigenvalue weighted by Crippen LogP contribution is 2.51. The Bertz CT molecular complexity index is 3610. The molecule has 1 aliphatic heterocycles. The summed E-state index contributed by atoms with van der Waals surface area (Å²) < 4.78 is 13.6. The predicted molar refractivity (Wildman–Crippen MR) is 234 cm³/mol. The van der Waals surface area contributed by atoms with Crippen LogP contribution < -0.4 is 4.74 Å². The van der Waals surface area contributed by atoms with Crippen molar-refractivity contribution < 1.29 is 9.15 Å². The van der Waals surface area contributed by atoms with Crippen LogP contribution in [0.5, 0.6) is 11.5 Å². The average molecular weight is 711 g/mol. The normalized spacial score (nSPS) is 12.4. The van der Waals surface area contributed by atoms with Crippen LogP contribution in [0.25, 0.3) is 120 Å².